The van der Waals surface area contributed by atoms with Crippen molar-refractivity contribution in [1.82, 2.24) is 0 Å². The zero-order valence-electron chi connectivity index (χ0n) is 10.6. The lowest BCUT2D eigenvalue weighted by molar-refractivity contribution is 0.00985. The van der Waals surface area contributed by atoms with Gasteiger partial charge in [0.15, 0.2) is 0 Å². The minimum Gasteiger partial charge on any atom is -0.378 e. The predicted molar refractivity (Wildman–Crippen MR) is 68.4 cm³/mol. The molecule has 2 rings (SSSR count). The minimum atomic E-state index is 0.156. The van der Waals surface area contributed by atoms with Gasteiger partial charge in [-0.15, -0.1) is 0 Å². The molecular weight excluding hydrogens is 212 g/mol. The van der Waals surface area contributed by atoms with Crippen molar-refractivity contribution >= 4 is 6.29 Å². The normalized spacial score (nSPS) is 17.8. The summed E-state index contributed by atoms with van der Waals surface area (Å²) in [5.74, 6) is 0. The Balaban J connectivity index is 2.18. The monoisotopic (exact) mass is 232 g/mol. The fourth-order valence-electron chi connectivity index (χ4n) is 2.39. The van der Waals surface area contributed by atoms with Crippen LogP contribution in [-0.4, -0.2) is 19.0 Å². The van der Waals surface area contributed by atoms with E-state index in [1.165, 1.54) is 24.8 Å². The molecule has 1 fully saturated rings. The summed E-state index contributed by atoms with van der Waals surface area (Å²) < 4.78 is 5.79. The number of carbonyl (C=O) groups is 1. The van der Waals surface area contributed by atoms with E-state index in [-0.39, 0.29) is 11.5 Å². The second-order valence-electron chi connectivity index (χ2n) is 5.24. The fourth-order valence-corrected chi connectivity index (χ4v) is 2.39. The van der Waals surface area contributed by atoms with Gasteiger partial charge in [-0.1, -0.05) is 24.6 Å². The molecule has 0 saturated heterocycles. The molecule has 1 aromatic carbocycles. The summed E-state index contributed by atoms with van der Waals surface area (Å²) >= 11 is 0. The SMILES string of the molecule is CC(C)OCC1(c2cccc(C=O)c2)CCC1. The molecule has 0 aliphatic heterocycles. The highest BCUT2D eigenvalue weighted by Crippen LogP contribution is 2.44. The summed E-state index contributed by atoms with van der Waals surface area (Å²) in [5.41, 5.74) is 2.18. The maximum Gasteiger partial charge on any atom is 0.150 e. The van der Waals surface area contributed by atoms with E-state index in [1.807, 2.05) is 18.2 Å². The van der Waals surface area contributed by atoms with E-state index in [1.54, 1.807) is 0 Å². The van der Waals surface area contributed by atoms with E-state index in [0.29, 0.717) is 0 Å². The number of carbonyl (C=O) groups excluding carboxylic acids is 1. The Bertz CT molecular complexity index is 392. The van der Waals surface area contributed by atoms with Gasteiger partial charge in [-0.2, -0.15) is 0 Å². The summed E-state index contributed by atoms with van der Waals surface area (Å²) in [5, 5.41) is 0. The van der Waals surface area contributed by atoms with Crippen LogP contribution in [0, 0.1) is 0 Å². The predicted octanol–water partition coefficient (Wildman–Crippen LogP) is 3.35. The van der Waals surface area contributed by atoms with E-state index < -0.39 is 0 Å². The molecule has 1 aromatic rings. The van der Waals surface area contributed by atoms with Crippen molar-refractivity contribution in [3.8, 4) is 0 Å². The number of aldehydes is 1. The minimum absolute atomic E-state index is 0.156. The molecule has 0 N–H and O–H groups in total. The van der Waals surface area contributed by atoms with Crippen molar-refractivity contribution in [2.75, 3.05) is 6.61 Å². The zero-order chi connectivity index (χ0) is 12.3. The summed E-state index contributed by atoms with van der Waals surface area (Å²) in [4.78, 5) is 10.8. The van der Waals surface area contributed by atoms with E-state index in [4.69, 9.17) is 4.74 Å². The van der Waals surface area contributed by atoms with Crippen molar-refractivity contribution in [3.05, 3.63) is 35.4 Å². The molecule has 0 amide bonds. The Labute approximate surface area is 103 Å². The first-order valence-electron chi connectivity index (χ1n) is 6.34. The van der Waals surface area contributed by atoms with Gasteiger partial charge in [0.1, 0.15) is 6.29 Å². The zero-order valence-corrected chi connectivity index (χ0v) is 10.6. The molecule has 1 saturated carbocycles. The molecule has 0 unspecified atom stereocenters. The quantitative estimate of drug-likeness (QED) is 0.728. The van der Waals surface area contributed by atoms with Crippen molar-refractivity contribution in [1.29, 1.82) is 0 Å². The number of hydrogen-bond acceptors (Lipinski definition) is 2. The average Bonchev–Trinajstić information content (AvgIpc) is 2.27. The molecule has 0 atom stereocenters. The molecular formula is C15H20O2. The summed E-state index contributed by atoms with van der Waals surface area (Å²) in [7, 11) is 0. The van der Waals surface area contributed by atoms with Gasteiger partial charge in [-0.05, 0) is 38.3 Å². The van der Waals surface area contributed by atoms with E-state index in [0.717, 1.165) is 18.5 Å². The highest BCUT2D eigenvalue weighted by molar-refractivity contribution is 5.75. The van der Waals surface area contributed by atoms with Crippen LogP contribution in [-0.2, 0) is 10.2 Å². The van der Waals surface area contributed by atoms with Gasteiger partial charge < -0.3 is 4.74 Å². The van der Waals surface area contributed by atoms with Crippen LogP contribution >= 0.6 is 0 Å². The second kappa shape index (κ2) is 5.01. The van der Waals surface area contributed by atoms with Gasteiger partial charge in [0.25, 0.3) is 0 Å². The molecule has 2 nitrogen and oxygen atoms in total. The largest absolute Gasteiger partial charge is 0.378 e. The topological polar surface area (TPSA) is 26.3 Å². The van der Waals surface area contributed by atoms with Crippen molar-refractivity contribution in [3.63, 3.8) is 0 Å². The first-order chi connectivity index (χ1) is 8.16. The van der Waals surface area contributed by atoms with Gasteiger partial charge in [0.2, 0.25) is 0 Å². The smallest absolute Gasteiger partial charge is 0.150 e. The van der Waals surface area contributed by atoms with Crippen LogP contribution in [0.5, 0.6) is 0 Å². The molecule has 92 valence electrons. The highest BCUT2D eigenvalue weighted by Gasteiger charge is 2.39. The Morgan fingerprint density at radius 3 is 2.71 bits per heavy atom. The first kappa shape index (κ1) is 12.3. The Hall–Kier alpha value is -1.15. The number of hydrogen-bond donors (Lipinski definition) is 0. The molecule has 2 heteroatoms. The van der Waals surface area contributed by atoms with Crippen LogP contribution in [0.1, 0.15) is 49.0 Å². The van der Waals surface area contributed by atoms with E-state index in [9.17, 15) is 4.79 Å². The third-order valence-electron chi connectivity index (χ3n) is 3.64. The van der Waals surface area contributed by atoms with Crippen LogP contribution in [0.2, 0.25) is 0 Å². The number of benzene rings is 1. The Morgan fingerprint density at radius 2 is 2.18 bits per heavy atom. The van der Waals surface area contributed by atoms with Gasteiger partial charge >= 0.3 is 0 Å². The summed E-state index contributed by atoms with van der Waals surface area (Å²) in [6.07, 6.45) is 4.78. The van der Waals surface area contributed by atoms with Crippen LogP contribution in [0.4, 0.5) is 0 Å². The third kappa shape index (κ3) is 2.58. The van der Waals surface area contributed by atoms with E-state index in [2.05, 4.69) is 19.9 Å². The molecule has 0 heterocycles. The molecule has 1 aliphatic rings. The van der Waals surface area contributed by atoms with Gasteiger partial charge in [0, 0.05) is 11.0 Å². The molecule has 1 aliphatic carbocycles. The van der Waals surface area contributed by atoms with Gasteiger partial charge in [-0.25, -0.2) is 0 Å². The third-order valence-corrected chi connectivity index (χ3v) is 3.64. The molecule has 0 bridgehead atoms. The lowest BCUT2D eigenvalue weighted by Gasteiger charge is -2.42. The number of ether oxygens (including phenoxy) is 1. The van der Waals surface area contributed by atoms with Crippen molar-refractivity contribution in [2.45, 2.75) is 44.6 Å². The summed E-state index contributed by atoms with van der Waals surface area (Å²) in [6.45, 7) is 4.90. The highest BCUT2D eigenvalue weighted by atomic mass is 16.5. The molecule has 17 heavy (non-hydrogen) atoms. The fraction of sp³-hybridized carbons (Fsp3) is 0.533. The van der Waals surface area contributed by atoms with Gasteiger partial charge in [-0.3, -0.25) is 4.79 Å². The maximum absolute atomic E-state index is 10.8. The molecule has 0 spiro atoms. The van der Waals surface area contributed by atoms with Gasteiger partial charge in [0.05, 0.1) is 12.7 Å². The van der Waals surface area contributed by atoms with Crippen molar-refractivity contribution in [2.24, 2.45) is 0 Å². The standard InChI is InChI=1S/C15H20O2/c1-12(2)17-11-15(7-4-8-15)14-6-3-5-13(9-14)10-16/h3,5-6,9-10,12H,4,7-8,11H2,1-2H3. The first-order valence-corrected chi connectivity index (χ1v) is 6.34. The van der Waals surface area contributed by atoms with Crippen LogP contribution < -0.4 is 0 Å². The van der Waals surface area contributed by atoms with Crippen LogP contribution in [0.25, 0.3) is 0 Å². The van der Waals surface area contributed by atoms with E-state index >= 15 is 0 Å². The molecule has 0 aromatic heterocycles. The van der Waals surface area contributed by atoms with Crippen LogP contribution in [0.3, 0.4) is 0 Å². The maximum atomic E-state index is 10.8. The summed E-state index contributed by atoms with van der Waals surface area (Å²) in [6, 6.07) is 7.95. The average molecular weight is 232 g/mol. The number of rotatable bonds is 5. The lowest BCUT2D eigenvalue weighted by atomic mass is 9.65. The molecule has 0 radical (unpaired) electrons. The Morgan fingerprint density at radius 1 is 1.41 bits per heavy atom. The van der Waals surface area contributed by atoms with Crippen molar-refractivity contribution < 1.29 is 9.53 Å². The second-order valence-corrected chi connectivity index (χ2v) is 5.24. The van der Waals surface area contributed by atoms with Crippen LogP contribution in [0.15, 0.2) is 24.3 Å². The lowest BCUT2D eigenvalue weighted by Crippen LogP contribution is -2.39. The Kier molecular flexibility index (Phi) is 3.63.